The predicted octanol–water partition coefficient (Wildman–Crippen LogP) is 3.23. The van der Waals surface area contributed by atoms with E-state index in [1.54, 1.807) is 4.90 Å². The minimum Gasteiger partial charge on any atom is -0.370 e. The minimum atomic E-state index is -0.531. The summed E-state index contributed by atoms with van der Waals surface area (Å²) < 4.78 is 5.80. The fraction of sp³-hybridized carbons (Fsp3) is 0.316. The van der Waals surface area contributed by atoms with Crippen LogP contribution in [-0.4, -0.2) is 36.5 Å². The molecule has 4 nitrogen and oxygen atoms in total. The molecule has 2 aromatic carbocycles. The van der Waals surface area contributed by atoms with Crippen molar-refractivity contribution < 1.29 is 9.53 Å². The summed E-state index contributed by atoms with van der Waals surface area (Å²) in [6.45, 7) is 1.60. The van der Waals surface area contributed by atoms with Crippen molar-refractivity contribution in [3.05, 3.63) is 70.7 Å². The Morgan fingerprint density at radius 3 is 2.56 bits per heavy atom. The molecule has 6 heteroatoms. The Morgan fingerprint density at radius 1 is 1.20 bits per heavy atom. The fourth-order valence-corrected chi connectivity index (χ4v) is 3.04. The van der Waals surface area contributed by atoms with E-state index < -0.39 is 6.04 Å². The van der Waals surface area contributed by atoms with Crippen molar-refractivity contribution in [2.45, 2.75) is 18.6 Å². The molecule has 25 heavy (non-hydrogen) atoms. The van der Waals surface area contributed by atoms with Crippen molar-refractivity contribution in [1.29, 1.82) is 0 Å². The lowest BCUT2D eigenvalue weighted by Gasteiger charge is -2.34. The number of morpholine rings is 1. The number of amides is 1. The van der Waals surface area contributed by atoms with Gasteiger partial charge in [0.2, 0.25) is 5.91 Å². The summed E-state index contributed by atoms with van der Waals surface area (Å²) in [5.74, 6) is -0.0267. The van der Waals surface area contributed by atoms with Crippen molar-refractivity contribution >= 4 is 29.9 Å². The van der Waals surface area contributed by atoms with Crippen molar-refractivity contribution in [3.63, 3.8) is 0 Å². The molecule has 1 heterocycles. The lowest BCUT2D eigenvalue weighted by Crippen LogP contribution is -2.50. The molecule has 0 bridgehead atoms. The van der Waals surface area contributed by atoms with Gasteiger partial charge in [-0.25, -0.2) is 0 Å². The Labute approximate surface area is 159 Å². The van der Waals surface area contributed by atoms with Gasteiger partial charge in [-0.3, -0.25) is 4.79 Å². The van der Waals surface area contributed by atoms with Crippen LogP contribution in [0.4, 0.5) is 0 Å². The summed E-state index contributed by atoms with van der Waals surface area (Å²) in [7, 11) is 0. The number of hydrogen-bond donors (Lipinski definition) is 1. The number of hydrogen-bond acceptors (Lipinski definition) is 3. The summed E-state index contributed by atoms with van der Waals surface area (Å²) in [4.78, 5) is 14.5. The molecule has 2 N–H and O–H groups in total. The van der Waals surface area contributed by atoms with Gasteiger partial charge in [-0.05, 0) is 29.7 Å². The topological polar surface area (TPSA) is 55.6 Å². The third-order valence-electron chi connectivity index (χ3n) is 4.24. The zero-order valence-corrected chi connectivity index (χ0v) is 15.4. The molecule has 0 radical (unpaired) electrons. The first kappa shape index (κ1) is 19.7. The molecule has 0 saturated carbocycles. The van der Waals surface area contributed by atoms with Gasteiger partial charge in [0.05, 0.1) is 19.2 Å². The number of nitrogens with zero attached hydrogens (tertiary/aromatic N) is 1. The van der Waals surface area contributed by atoms with Crippen LogP contribution in [0.15, 0.2) is 54.6 Å². The second kappa shape index (κ2) is 9.20. The highest BCUT2D eigenvalue weighted by Crippen LogP contribution is 2.24. The molecule has 0 aromatic heterocycles. The first-order valence-corrected chi connectivity index (χ1v) is 8.46. The van der Waals surface area contributed by atoms with Crippen LogP contribution in [0, 0.1) is 0 Å². The number of rotatable bonds is 4. The zero-order chi connectivity index (χ0) is 16.9. The Bertz CT molecular complexity index is 680. The number of halogens is 2. The Balaban J connectivity index is 0.00000225. The Hall–Kier alpha value is -1.59. The van der Waals surface area contributed by atoms with Crippen LogP contribution in [0.25, 0.3) is 0 Å². The van der Waals surface area contributed by atoms with Crippen molar-refractivity contribution in [1.82, 2.24) is 4.90 Å². The number of carbonyl (C=O) groups is 1. The summed E-state index contributed by atoms with van der Waals surface area (Å²) in [5, 5.41) is 0.687. The van der Waals surface area contributed by atoms with E-state index in [1.165, 1.54) is 0 Å². The highest BCUT2D eigenvalue weighted by molar-refractivity contribution is 6.30. The summed E-state index contributed by atoms with van der Waals surface area (Å²) in [6, 6.07) is 16.9. The molecule has 134 valence electrons. The number of nitrogens with two attached hydrogens (primary N) is 1. The third kappa shape index (κ3) is 5.19. The number of ether oxygens (including phenoxy) is 1. The molecule has 3 rings (SSSR count). The number of benzene rings is 2. The molecular formula is C19H22Cl2N2O2. The summed E-state index contributed by atoms with van der Waals surface area (Å²) in [6.07, 6.45) is 0.409. The SMILES string of the molecule is Cl.N[C@@H](Cc1ccccc1)C(=O)N1CCOC(c2ccc(Cl)cc2)C1. The van der Waals surface area contributed by atoms with E-state index in [1.807, 2.05) is 54.6 Å². The van der Waals surface area contributed by atoms with Crippen molar-refractivity contribution in [3.8, 4) is 0 Å². The average molecular weight is 381 g/mol. The van der Waals surface area contributed by atoms with Crippen LogP contribution < -0.4 is 5.73 Å². The molecule has 0 aliphatic carbocycles. The van der Waals surface area contributed by atoms with Crippen LogP contribution in [0.3, 0.4) is 0 Å². The largest absolute Gasteiger partial charge is 0.370 e. The summed E-state index contributed by atoms with van der Waals surface area (Å²) in [5.41, 5.74) is 8.23. The monoisotopic (exact) mass is 380 g/mol. The maximum atomic E-state index is 12.7. The molecule has 2 atom stereocenters. The van der Waals surface area contributed by atoms with Crippen LogP contribution in [0.1, 0.15) is 17.2 Å². The first-order valence-electron chi connectivity index (χ1n) is 8.09. The Kier molecular flexibility index (Phi) is 7.26. The molecule has 1 aliphatic rings. The molecule has 1 fully saturated rings. The van der Waals surface area contributed by atoms with Crippen molar-refractivity contribution in [2.24, 2.45) is 5.73 Å². The molecule has 1 unspecified atom stereocenters. The van der Waals surface area contributed by atoms with Gasteiger partial charge in [0, 0.05) is 11.6 Å². The lowest BCUT2D eigenvalue weighted by atomic mass is 10.0. The third-order valence-corrected chi connectivity index (χ3v) is 4.49. The highest BCUT2D eigenvalue weighted by Gasteiger charge is 2.28. The first-order chi connectivity index (χ1) is 11.6. The molecule has 1 amide bonds. The van der Waals surface area contributed by atoms with Gasteiger partial charge in [0.1, 0.15) is 6.10 Å². The van der Waals surface area contributed by atoms with Gasteiger partial charge >= 0.3 is 0 Å². The molecular weight excluding hydrogens is 359 g/mol. The van der Waals surface area contributed by atoms with Crippen LogP contribution in [0.5, 0.6) is 0 Å². The smallest absolute Gasteiger partial charge is 0.240 e. The summed E-state index contributed by atoms with van der Waals surface area (Å²) >= 11 is 5.93. The van der Waals surface area contributed by atoms with Gasteiger partial charge in [-0.15, -0.1) is 12.4 Å². The standard InChI is InChI=1S/C19H21ClN2O2.ClH/c20-16-8-6-15(7-9-16)18-13-22(10-11-24-18)19(23)17(21)12-14-4-2-1-3-5-14;/h1-9,17-18H,10-13,21H2;1H/t17-,18?;/m0./s1. The van der Waals surface area contributed by atoms with Gasteiger partial charge in [0.15, 0.2) is 0 Å². The quantitative estimate of drug-likeness (QED) is 0.885. The van der Waals surface area contributed by atoms with Gasteiger partial charge in [-0.1, -0.05) is 54.1 Å². The normalized spacial score (nSPS) is 18.3. The van der Waals surface area contributed by atoms with Crippen LogP contribution in [0.2, 0.25) is 5.02 Å². The van der Waals surface area contributed by atoms with E-state index in [-0.39, 0.29) is 24.4 Å². The Morgan fingerprint density at radius 2 is 1.88 bits per heavy atom. The second-order valence-electron chi connectivity index (χ2n) is 5.99. The van der Waals surface area contributed by atoms with E-state index in [2.05, 4.69) is 0 Å². The molecule has 0 spiro atoms. The second-order valence-corrected chi connectivity index (χ2v) is 6.43. The van der Waals surface area contributed by atoms with E-state index in [0.717, 1.165) is 11.1 Å². The highest BCUT2D eigenvalue weighted by atomic mass is 35.5. The van der Waals surface area contributed by atoms with E-state index in [4.69, 9.17) is 22.1 Å². The number of carbonyl (C=O) groups excluding carboxylic acids is 1. The lowest BCUT2D eigenvalue weighted by molar-refractivity contribution is -0.140. The van der Waals surface area contributed by atoms with Gasteiger partial charge in [-0.2, -0.15) is 0 Å². The van der Waals surface area contributed by atoms with E-state index >= 15 is 0 Å². The van der Waals surface area contributed by atoms with Gasteiger partial charge < -0.3 is 15.4 Å². The maximum absolute atomic E-state index is 12.7. The average Bonchev–Trinajstić information content (AvgIpc) is 2.62. The fourth-order valence-electron chi connectivity index (χ4n) is 2.92. The van der Waals surface area contributed by atoms with Gasteiger partial charge in [0.25, 0.3) is 0 Å². The van der Waals surface area contributed by atoms with E-state index in [9.17, 15) is 4.79 Å². The van der Waals surface area contributed by atoms with Crippen molar-refractivity contribution in [2.75, 3.05) is 19.7 Å². The molecule has 1 aliphatic heterocycles. The zero-order valence-electron chi connectivity index (χ0n) is 13.8. The van der Waals surface area contributed by atoms with Crippen LogP contribution >= 0.6 is 24.0 Å². The molecule has 1 saturated heterocycles. The van der Waals surface area contributed by atoms with Crippen LogP contribution in [-0.2, 0) is 16.0 Å². The van der Waals surface area contributed by atoms with E-state index in [0.29, 0.717) is 31.1 Å². The maximum Gasteiger partial charge on any atom is 0.240 e. The minimum absolute atomic E-state index is 0. The molecule has 2 aromatic rings. The predicted molar refractivity (Wildman–Crippen MR) is 102 cm³/mol.